The molecule has 0 radical (unpaired) electrons. The number of rotatable bonds is 4. The van der Waals surface area contributed by atoms with E-state index in [2.05, 4.69) is 0 Å². The van der Waals surface area contributed by atoms with Gasteiger partial charge in [0, 0.05) is 5.41 Å². The summed E-state index contributed by atoms with van der Waals surface area (Å²) in [4.78, 5) is 24.7. The van der Waals surface area contributed by atoms with Crippen LogP contribution in [0.4, 0.5) is 0 Å². The molecule has 2 atom stereocenters. The predicted octanol–water partition coefficient (Wildman–Crippen LogP) is 2.56. The lowest BCUT2D eigenvalue weighted by Gasteiger charge is -2.19. The topological polar surface area (TPSA) is 52.6 Å². The molecule has 0 aliphatic heterocycles. The van der Waals surface area contributed by atoms with Gasteiger partial charge in [0.1, 0.15) is 0 Å². The molecule has 4 nitrogen and oxygen atoms in total. The number of hydrogen-bond acceptors (Lipinski definition) is 4. The van der Waals surface area contributed by atoms with E-state index in [1.807, 2.05) is 60.7 Å². The van der Waals surface area contributed by atoms with Gasteiger partial charge in [-0.3, -0.25) is 9.59 Å². The van der Waals surface area contributed by atoms with Gasteiger partial charge in [0.2, 0.25) is 0 Å². The molecule has 0 saturated heterocycles. The number of hydrogen-bond donors (Lipinski definition) is 0. The highest BCUT2D eigenvalue weighted by Crippen LogP contribution is 2.64. The Labute approximate surface area is 135 Å². The van der Waals surface area contributed by atoms with Crippen LogP contribution in [0.2, 0.25) is 0 Å². The molecule has 4 heteroatoms. The summed E-state index contributed by atoms with van der Waals surface area (Å²) in [5.41, 5.74) is 1.09. The first-order valence-electron chi connectivity index (χ1n) is 7.44. The van der Waals surface area contributed by atoms with Gasteiger partial charge in [-0.2, -0.15) is 0 Å². The van der Waals surface area contributed by atoms with Gasteiger partial charge in [-0.1, -0.05) is 60.7 Å². The lowest BCUT2D eigenvalue weighted by molar-refractivity contribution is -0.148. The first-order valence-corrected chi connectivity index (χ1v) is 7.44. The van der Waals surface area contributed by atoms with Crippen molar-refractivity contribution in [2.45, 2.75) is 5.41 Å². The van der Waals surface area contributed by atoms with Gasteiger partial charge in [-0.15, -0.1) is 0 Å². The Balaban J connectivity index is 2.20. The Morgan fingerprint density at radius 2 is 1.09 bits per heavy atom. The maximum absolute atomic E-state index is 12.3. The zero-order valence-corrected chi connectivity index (χ0v) is 13.1. The maximum Gasteiger partial charge on any atom is 0.310 e. The number of carbonyl (C=O) groups is 2. The second-order valence-electron chi connectivity index (χ2n) is 5.60. The molecule has 0 spiro atoms. The van der Waals surface area contributed by atoms with Crippen LogP contribution < -0.4 is 0 Å². The fourth-order valence-electron chi connectivity index (χ4n) is 3.60. The van der Waals surface area contributed by atoms with Crippen molar-refractivity contribution in [2.24, 2.45) is 11.8 Å². The third-order valence-corrected chi connectivity index (χ3v) is 4.62. The summed E-state index contributed by atoms with van der Waals surface area (Å²) in [6, 6.07) is 19.2. The Bertz CT molecular complexity index is 645. The second-order valence-corrected chi connectivity index (χ2v) is 5.60. The summed E-state index contributed by atoms with van der Waals surface area (Å²) in [6.07, 6.45) is 0. The smallest absolute Gasteiger partial charge is 0.310 e. The Kier molecular flexibility index (Phi) is 3.90. The molecule has 23 heavy (non-hydrogen) atoms. The van der Waals surface area contributed by atoms with Crippen molar-refractivity contribution in [1.82, 2.24) is 0 Å². The van der Waals surface area contributed by atoms with Gasteiger partial charge in [-0.25, -0.2) is 0 Å². The number of carbonyl (C=O) groups excluding carboxylic acids is 2. The van der Waals surface area contributed by atoms with Gasteiger partial charge in [0.15, 0.2) is 0 Å². The summed E-state index contributed by atoms with van der Waals surface area (Å²) in [7, 11) is 2.69. The van der Waals surface area contributed by atoms with E-state index in [0.717, 1.165) is 11.1 Å². The van der Waals surface area contributed by atoms with Crippen LogP contribution in [0.5, 0.6) is 0 Å². The molecule has 1 saturated carbocycles. The fraction of sp³-hybridized carbons (Fsp3) is 0.263. The zero-order chi connectivity index (χ0) is 16.4. The summed E-state index contributed by atoms with van der Waals surface area (Å²) < 4.78 is 9.90. The summed E-state index contributed by atoms with van der Waals surface area (Å²) in [5.74, 6) is -1.95. The van der Waals surface area contributed by atoms with Gasteiger partial charge >= 0.3 is 11.9 Å². The molecule has 1 fully saturated rings. The van der Waals surface area contributed by atoms with Crippen molar-refractivity contribution < 1.29 is 19.1 Å². The predicted molar refractivity (Wildman–Crippen MR) is 84.7 cm³/mol. The van der Waals surface area contributed by atoms with Crippen LogP contribution >= 0.6 is 0 Å². The first-order chi connectivity index (χ1) is 11.2. The van der Waals surface area contributed by atoms with E-state index in [4.69, 9.17) is 9.47 Å². The molecule has 0 bridgehead atoms. The van der Waals surface area contributed by atoms with Gasteiger partial charge in [-0.05, 0) is 11.1 Å². The Morgan fingerprint density at radius 3 is 1.39 bits per heavy atom. The minimum atomic E-state index is -0.733. The van der Waals surface area contributed by atoms with Crippen LogP contribution in [-0.2, 0) is 24.5 Å². The molecule has 0 heterocycles. The Morgan fingerprint density at radius 1 is 0.739 bits per heavy atom. The lowest BCUT2D eigenvalue weighted by Crippen LogP contribution is -2.19. The largest absolute Gasteiger partial charge is 0.469 e. The minimum Gasteiger partial charge on any atom is -0.469 e. The van der Waals surface area contributed by atoms with E-state index in [-0.39, 0.29) is 0 Å². The number of ether oxygens (including phenoxy) is 2. The summed E-state index contributed by atoms with van der Waals surface area (Å²) in [5, 5.41) is 0. The van der Waals surface area contributed by atoms with E-state index < -0.39 is 29.2 Å². The molecule has 1 aliphatic carbocycles. The highest BCUT2D eigenvalue weighted by molar-refractivity contribution is 5.94. The minimum absolute atomic E-state index is 0.395. The number of benzene rings is 2. The first kappa shape index (κ1) is 15.3. The molecule has 118 valence electrons. The number of methoxy groups -OCH3 is 2. The maximum atomic E-state index is 12.3. The lowest BCUT2D eigenvalue weighted by atomic mass is 9.84. The molecule has 3 rings (SSSR count). The molecule has 1 aliphatic rings. The van der Waals surface area contributed by atoms with Crippen molar-refractivity contribution in [3.8, 4) is 0 Å². The molecular formula is C19H18O4. The average molecular weight is 310 g/mol. The monoisotopic (exact) mass is 310 g/mol. The molecular weight excluding hydrogens is 292 g/mol. The molecule has 0 unspecified atom stereocenters. The van der Waals surface area contributed by atoms with Gasteiger partial charge in [0.25, 0.3) is 0 Å². The van der Waals surface area contributed by atoms with Gasteiger partial charge < -0.3 is 9.47 Å². The molecule has 0 aromatic heterocycles. The quantitative estimate of drug-likeness (QED) is 0.815. The van der Waals surface area contributed by atoms with Crippen LogP contribution in [0, 0.1) is 11.8 Å². The third-order valence-electron chi connectivity index (χ3n) is 4.62. The van der Waals surface area contributed by atoms with Crippen molar-refractivity contribution in [3.05, 3.63) is 71.8 Å². The Hall–Kier alpha value is -2.62. The van der Waals surface area contributed by atoms with Gasteiger partial charge in [0.05, 0.1) is 26.1 Å². The second kappa shape index (κ2) is 5.88. The average Bonchev–Trinajstić information content (AvgIpc) is 3.33. The van der Waals surface area contributed by atoms with E-state index in [1.165, 1.54) is 14.2 Å². The van der Waals surface area contributed by atoms with Crippen LogP contribution in [0.25, 0.3) is 0 Å². The zero-order valence-electron chi connectivity index (χ0n) is 13.1. The molecule has 0 N–H and O–H groups in total. The van der Waals surface area contributed by atoms with Crippen molar-refractivity contribution >= 4 is 11.9 Å². The summed E-state index contributed by atoms with van der Waals surface area (Å²) >= 11 is 0. The fourth-order valence-corrected chi connectivity index (χ4v) is 3.60. The highest BCUT2D eigenvalue weighted by atomic mass is 16.5. The van der Waals surface area contributed by atoms with Crippen LogP contribution in [-0.4, -0.2) is 26.2 Å². The van der Waals surface area contributed by atoms with E-state index in [1.54, 1.807) is 0 Å². The third kappa shape index (κ3) is 2.22. The standard InChI is InChI=1S/C19H18O4/c1-22-17(20)15-16(18(21)23-2)19(15,13-9-5-3-6-10-13)14-11-7-4-8-12-14/h3-12,15-16H,1-2H3/t15-,16-/m0/s1. The molecule has 0 amide bonds. The molecule has 2 aromatic carbocycles. The molecule has 2 aromatic rings. The van der Waals surface area contributed by atoms with Crippen molar-refractivity contribution in [1.29, 1.82) is 0 Å². The van der Waals surface area contributed by atoms with Crippen LogP contribution in [0.3, 0.4) is 0 Å². The van der Waals surface area contributed by atoms with Crippen LogP contribution in [0.1, 0.15) is 11.1 Å². The van der Waals surface area contributed by atoms with Crippen LogP contribution in [0.15, 0.2) is 60.7 Å². The van der Waals surface area contributed by atoms with Crippen molar-refractivity contribution in [2.75, 3.05) is 14.2 Å². The van der Waals surface area contributed by atoms with E-state index in [0.29, 0.717) is 0 Å². The van der Waals surface area contributed by atoms with Crippen molar-refractivity contribution in [3.63, 3.8) is 0 Å². The SMILES string of the molecule is COC(=O)[C@@H]1[C@@H](C(=O)OC)C1(c1ccccc1)c1ccccc1. The summed E-state index contributed by atoms with van der Waals surface area (Å²) in [6.45, 7) is 0. The normalized spacial score (nSPS) is 21.3. The highest BCUT2D eigenvalue weighted by Gasteiger charge is 2.74. The van der Waals surface area contributed by atoms with E-state index >= 15 is 0 Å². The van der Waals surface area contributed by atoms with E-state index in [9.17, 15) is 9.59 Å². The number of esters is 2.